The fourth-order valence-electron chi connectivity index (χ4n) is 2.13. The number of benzene rings is 1. The molecule has 2 heterocycles. The lowest BCUT2D eigenvalue weighted by Gasteiger charge is -2.12. The second-order valence-corrected chi connectivity index (χ2v) is 6.64. The summed E-state index contributed by atoms with van der Waals surface area (Å²) in [5.41, 5.74) is 0.804. The van der Waals surface area contributed by atoms with E-state index in [1.807, 2.05) is 0 Å². The number of imidazole rings is 1. The molecular weight excluding hydrogens is 330 g/mol. The Labute approximate surface area is 139 Å². The highest BCUT2D eigenvalue weighted by molar-refractivity contribution is 7.92. The van der Waals surface area contributed by atoms with Gasteiger partial charge in [-0.3, -0.25) is 9.29 Å². The summed E-state index contributed by atoms with van der Waals surface area (Å²) in [5, 5.41) is 0. The van der Waals surface area contributed by atoms with E-state index in [0.29, 0.717) is 5.82 Å². The van der Waals surface area contributed by atoms with Crippen LogP contribution in [0.4, 0.5) is 5.82 Å². The minimum Gasteiger partial charge on any atom is -0.495 e. The van der Waals surface area contributed by atoms with Crippen LogP contribution < -0.4 is 9.46 Å². The van der Waals surface area contributed by atoms with Gasteiger partial charge >= 0.3 is 0 Å². The third-order valence-corrected chi connectivity index (χ3v) is 4.65. The molecule has 0 radical (unpaired) electrons. The molecule has 0 aliphatic heterocycles. The number of ether oxygens (including phenoxy) is 1. The monoisotopic (exact) mass is 345 g/mol. The van der Waals surface area contributed by atoms with Gasteiger partial charge in [-0.05, 0) is 24.6 Å². The Bertz CT molecular complexity index is 955. The number of methoxy groups -OCH3 is 1. The first-order valence-corrected chi connectivity index (χ1v) is 8.46. The van der Waals surface area contributed by atoms with Crippen LogP contribution in [0.15, 0.2) is 54.2 Å². The van der Waals surface area contributed by atoms with Crippen LogP contribution in [0.3, 0.4) is 0 Å². The van der Waals surface area contributed by atoms with Gasteiger partial charge in [0.25, 0.3) is 10.0 Å². The minimum atomic E-state index is -3.85. The molecule has 24 heavy (non-hydrogen) atoms. The van der Waals surface area contributed by atoms with Crippen molar-refractivity contribution in [3.8, 4) is 11.6 Å². The minimum absolute atomic E-state index is 0.0489. The average molecular weight is 345 g/mol. The van der Waals surface area contributed by atoms with Crippen molar-refractivity contribution in [1.82, 2.24) is 19.5 Å². The van der Waals surface area contributed by atoms with Crippen LogP contribution in [0.1, 0.15) is 5.56 Å². The summed E-state index contributed by atoms with van der Waals surface area (Å²) in [6.45, 7) is 1.81. The average Bonchev–Trinajstić information content (AvgIpc) is 3.09. The van der Waals surface area contributed by atoms with Crippen molar-refractivity contribution >= 4 is 15.8 Å². The van der Waals surface area contributed by atoms with E-state index >= 15 is 0 Å². The van der Waals surface area contributed by atoms with E-state index in [-0.39, 0.29) is 16.5 Å². The molecule has 1 N–H and O–H groups in total. The largest absolute Gasteiger partial charge is 0.495 e. The Morgan fingerprint density at radius 2 is 2.04 bits per heavy atom. The Kier molecular flexibility index (Phi) is 4.17. The van der Waals surface area contributed by atoms with Gasteiger partial charge in [0.1, 0.15) is 34.9 Å². The lowest BCUT2D eigenvalue weighted by molar-refractivity contribution is 0.402. The molecule has 0 fully saturated rings. The number of nitrogens with zero attached hydrogens (tertiary/aromatic N) is 4. The summed E-state index contributed by atoms with van der Waals surface area (Å²) >= 11 is 0. The molecule has 0 saturated carbocycles. The van der Waals surface area contributed by atoms with Crippen molar-refractivity contribution in [3.05, 3.63) is 54.9 Å². The van der Waals surface area contributed by atoms with E-state index in [1.165, 1.54) is 19.5 Å². The zero-order valence-corrected chi connectivity index (χ0v) is 13.9. The van der Waals surface area contributed by atoms with Gasteiger partial charge in [0.2, 0.25) is 0 Å². The van der Waals surface area contributed by atoms with Gasteiger partial charge in [-0.2, -0.15) is 0 Å². The normalized spacial score (nSPS) is 11.2. The summed E-state index contributed by atoms with van der Waals surface area (Å²) in [5.74, 6) is 0.908. The molecule has 0 aliphatic carbocycles. The second kappa shape index (κ2) is 6.28. The number of hydrogen-bond donors (Lipinski definition) is 1. The molecule has 0 atom stereocenters. The number of sulfonamides is 1. The standard InChI is InChI=1S/C15H15N5O3S/c1-11-3-4-12(23-2)13(7-11)24(21,22)19-14-8-15(18-9-17-14)20-6-5-16-10-20/h3-10H,1-2H3,(H,17,18,19). The molecule has 0 spiro atoms. The van der Waals surface area contributed by atoms with Crippen LogP contribution in [-0.2, 0) is 10.0 Å². The van der Waals surface area contributed by atoms with E-state index < -0.39 is 10.0 Å². The Morgan fingerprint density at radius 1 is 1.21 bits per heavy atom. The zero-order chi connectivity index (χ0) is 17.2. The molecule has 0 aliphatic rings. The number of aromatic nitrogens is 4. The SMILES string of the molecule is COc1ccc(C)cc1S(=O)(=O)Nc1cc(-n2ccnc2)ncn1. The van der Waals surface area contributed by atoms with Crippen molar-refractivity contribution in [3.63, 3.8) is 0 Å². The zero-order valence-electron chi connectivity index (χ0n) is 13.0. The summed E-state index contributed by atoms with van der Waals surface area (Å²) < 4.78 is 34.6. The maximum absolute atomic E-state index is 12.7. The molecule has 3 aromatic rings. The van der Waals surface area contributed by atoms with Crippen molar-refractivity contribution in [1.29, 1.82) is 0 Å². The third kappa shape index (κ3) is 3.20. The Hall–Kier alpha value is -2.94. The lowest BCUT2D eigenvalue weighted by atomic mass is 10.2. The molecule has 1 aromatic carbocycles. The van der Waals surface area contributed by atoms with Gasteiger partial charge in [-0.1, -0.05) is 6.07 Å². The second-order valence-electron chi connectivity index (χ2n) is 4.99. The van der Waals surface area contributed by atoms with Gasteiger partial charge in [-0.15, -0.1) is 0 Å². The maximum Gasteiger partial charge on any atom is 0.266 e. The number of anilines is 1. The van der Waals surface area contributed by atoms with Crippen LogP contribution in [-0.4, -0.2) is 35.0 Å². The summed E-state index contributed by atoms with van der Waals surface area (Å²) in [4.78, 5) is 12.0. The molecule has 8 nitrogen and oxygen atoms in total. The van der Waals surface area contributed by atoms with Crippen LogP contribution in [0.5, 0.6) is 5.75 Å². The Balaban J connectivity index is 1.96. The molecule has 0 bridgehead atoms. The molecule has 124 valence electrons. The maximum atomic E-state index is 12.7. The van der Waals surface area contributed by atoms with E-state index in [2.05, 4.69) is 19.7 Å². The molecule has 2 aromatic heterocycles. The van der Waals surface area contributed by atoms with Gasteiger partial charge in [-0.25, -0.2) is 23.4 Å². The highest BCUT2D eigenvalue weighted by Gasteiger charge is 2.20. The number of hydrogen-bond acceptors (Lipinski definition) is 6. The Morgan fingerprint density at radius 3 is 2.75 bits per heavy atom. The lowest BCUT2D eigenvalue weighted by Crippen LogP contribution is -2.15. The quantitative estimate of drug-likeness (QED) is 0.757. The molecule has 3 rings (SSSR count). The summed E-state index contributed by atoms with van der Waals surface area (Å²) in [6.07, 6.45) is 6.14. The van der Waals surface area contributed by atoms with Crippen LogP contribution in [0.2, 0.25) is 0 Å². The smallest absolute Gasteiger partial charge is 0.266 e. The highest BCUT2D eigenvalue weighted by atomic mass is 32.2. The van der Waals surface area contributed by atoms with Crippen LogP contribution in [0, 0.1) is 6.92 Å². The molecule has 0 unspecified atom stereocenters. The van der Waals surface area contributed by atoms with Crippen LogP contribution >= 0.6 is 0 Å². The van der Waals surface area contributed by atoms with Gasteiger partial charge in [0, 0.05) is 18.5 Å². The summed E-state index contributed by atoms with van der Waals surface area (Å²) in [6, 6.07) is 6.45. The van der Waals surface area contributed by atoms with Gasteiger partial charge in [0.15, 0.2) is 0 Å². The van der Waals surface area contributed by atoms with Crippen molar-refractivity contribution < 1.29 is 13.2 Å². The third-order valence-electron chi connectivity index (χ3n) is 3.27. The van der Waals surface area contributed by atoms with Crippen molar-refractivity contribution in [2.45, 2.75) is 11.8 Å². The van der Waals surface area contributed by atoms with E-state index in [0.717, 1.165) is 5.56 Å². The first-order chi connectivity index (χ1) is 11.5. The van der Waals surface area contributed by atoms with Crippen LogP contribution in [0.25, 0.3) is 5.82 Å². The molecule has 9 heteroatoms. The first-order valence-electron chi connectivity index (χ1n) is 6.97. The van der Waals surface area contributed by atoms with E-state index in [9.17, 15) is 8.42 Å². The number of nitrogens with one attached hydrogen (secondary N) is 1. The van der Waals surface area contributed by atoms with Gasteiger partial charge in [0.05, 0.1) is 7.11 Å². The fourth-order valence-corrected chi connectivity index (χ4v) is 3.38. The predicted molar refractivity (Wildman–Crippen MR) is 87.7 cm³/mol. The van der Waals surface area contributed by atoms with Crippen molar-refractivity contribution in [2.75, 3.05) is 11.8 Å². The predicted octanol–water partition coefficient (Wildman–Crippen LogP) is 1.78. The first kappa shape index (κ1) is 15.9. The molecular formula is C15H15N5O3S. The number of aryl methyl sites for hydroxylation is 1. The highest BCUT2D eigenvalue weighted by Crippen LogP contribution is 2.26. The van der Waals surface area contributed by atoms with Crippen molar-refractivity contribution in [2.24, 2.45) is 0 Å². The molecule has 0 saturated heterocycles. The van der Waals surface area contributed by atoms with E-state index in [4.69, 9.17) is 4.74 Å². The summed E-state index contributed by atoms with van der Waals surface area (Å²) in [7, 11) is -2.43. The van der Waals surface area contributed by atoms with E-state index in [1.54, 1.807) is 48.4 Å². The van der Waals surface area contributed by atoms with Gasteiger partial charge < -0.3 is 4.74 Å². The topological polar surface area (TPSA) is 99.0 Å². The number of rotatable bonds is 5. The molecule has 0 amide bonds. The fraction of sp³-hybridized carbons (Fsp3) is 0.133.